The first-order valence-corrected chi connectivity index (χ1v) is 9.57. The molecule has 28 heavy (non-hydrogen) atoms. The highest BCUT2D eigenvalue weighted by Gasteiger charge is 2.17. The van der Waals surface area contributed by atoms with E-state index in [1.807, 2.05) is 22.8 Å². The minimum absolute atomic E-state index is 0.198. The zero-order valence-electron chi connectivity index (χ0n) is 16.3. The van der Waals surface area contributed by atoms with E-state index >= 15 is 0 Å². The summed E-state index contributed by atoms with van der Waals surface area (Å²) in [7, 11) is 2.15. The van der Waals surface area contributed by atoms with Crippen LogP contribution in [0.5, 0.6) is 0 Å². The molecule has 0 saturated heterocycles. The first-order valence-electron chi connectivity index (χ1n) is 9.57. The summed E-state index contributed by atoms with van der Waals surface area (Å²) >= 11 is 0. The quantitative estimate of drug-likeness (QED) is 0.543. The highest BCUT2D eigenvalue weighted by atomic mass is 16.1. The maximum Gasteiger partial charge on any atom is 0.237 e. The van der Waals surface area contributed by atoms with Crippen molar-refractivity contribution in [1.82, 2.24) is 9.47 Å². The zero-order chi connectivity index (χ0) is 19.7. The van der Waals surface area contributed by atoms with E-state index in [0.717, 1.165) is 12.1 Å². The lowest BCUT2D eigenvalue weighted by Crippen LogP contribution is -2.22. The predicted octanol–water partition coefficient (Wildman–Crippen LogP) is 4.47. The predicted molar refractivity (Wildman–Crippen MR) is 115 cm³/mol. The maximum atomic E-state index is 11.5. The topological polar surface area (TPSA) is 51.3 Å². The minimum Gasteiger partial charge on any atom is -0.368 e. The first kappa shape index (κ1) is 18.3. The van der Waals surface area contributed by atoms with Gasteiger partial charge in [-0.05, 0) is 41.9 Å². The second-order valence-corrected chi connectivity index (χ2v) is 7.43. The molecule has 2 N–H and O–H groups in total. The largest absolute Gasteiger partial charge is 0.368 e. The third-order valence-electron chi connectivity index (χ3n) is 5.55. The fourth-order valence-corrected chi connectivity index (χ4v) is 4.01. The Morgan fingerprint density at radius 3 is 2.46 bits per heavy atom. The molecule has 0 aliphatic rings. The standard InChI is InChI=1S/C24H25N3O/c1-17(20-12-7-9-18-8-3-4-10-21(18)20)26(2)14-19-15-27(16-24(25)28)23-13-6-5-11-22(19)23/h3-13,15,17H,14,16H2,1-2H3,(H2,25,28)/t17-/m1/s1. The van der Waals surface area contributed by atoms with Gasteiger partial charge in [-0.3, -0.25) is 9.69 Å². The monoisotopic (exact) mass is 371 g/mol. The van der Waals surface area contributed by atoms with Crippen molar-refractivity contribution in [2.75, 3.05) is 7.05 Å². The Morgan fingerprint density at radius 2 is 1.68 bits per heavy atom. The summed E-state index contributed by atoms with van der Waals surface area (Å²) in [6.45, 7) is 3.23. The average molecular weight is 371 g/mol. The van der Waals surface area contributed by atoms with E-state index < -0.39 is 0 Å². The van der Waals surface area contributed by atoms with Gasteiger partial charge in [-0.25, -0.2) is 0 Å². The maximum absolute atomic E-state index is 11.5. The molecule has 3 aromatic carbocycles. The molecule has 1 amide bonds. The molecule has 0 fully saturated rings. The molecule has 0 saturated carbocycles. The first-order chi connectivity index (χ1) is 13.5. The third kappa shape index (κ3) is 3.39. The van der Waals surface area contributed by atoms with Crippen LogP contribution in [0.1, 0.15) is 24.1 Å². The highest BCUT2D eigenvalue weighted by Crippen LogP contribution is 2.30. The van der Waals surface area contributed by atoms with Crippen LogP contribution in [0.2, 0.25) is 0 Å². The van der Waals surface area contributed by atoms with Crippen molar-refractivity contribution in [1.29, 1.82) is 0 Å². The number of primary amides is 1. The normalized spacial score (nSPS) is 12.7. The van der Waals surface area contributed by atoms with Crippen LogP contribution in [0.25, 0.3) is 21.7 Å². The molecule has 4 nitrogen and oxygen atoms in total. The molecule has 0 spiro atoms. The van der Waals surface area contributed by atoms with Gasteiger partial charge >= 0.3 is 0 Å². The summed E-state index contributed by atoms with van der Waals surface area (Å²) in [6.07, 6.45) is 2.06. The summed E-state index contributed by atoms with van der Waals surface area (Å²) in [5.74, 6) is -0.329. The van der Waals surface area contributed by atoms with Gasteiger partial charge < -0.3 is 10.3 Å². The SMILES string of the molecule is C[C@H](c1cccc2ccccc12)N(C)Cc1cn(CC(N)=O)c2ccccc12. The molecule has 0 unspecified atom stereocenters. The van der Waals surface area contributed by atoms with E-state index in [-0.39, 0.29) is 18.5 Å². The van der Waals surface area contributed by atoms with Gasteiger partial charge in [-0.15, -0.1) is 0 Å². The molecule has 4 heteroatoms. The zero-order valence-corrected chi connectivity index (χ0v) is 16.3. The fraction of sp³-hybridized carbons (Fsp3) is 0.208. The molecular formula is C24H25N3O. The Kier molecular flexibility index (Phi) is 4.88. The number of hydrogen-bond donors (Lipinski definition) is 1. The van der Waals surface area contributed by atoms with E-state index in [0.29, 0.717) is 0 Å². The molecule has 142 valence electrons. The van der Waals surface area contributed by atoms with Gasteiger partial charge in [-0.2, -0.15) is 0 Å². The second kappa shape index (κ2) is 7.49. The molecule has 4 aromatic rings. The van der Waals surface area contributed by atoms with Crippen molar-refractivity contribution in [3.05, 3.63) is 84.1 Å². The van der Waals surface area contributed by atoms with Crippen LogP contribution in [0.4, 0.5) is 0 Å². The Labute approximate surface area is 165 Å². The number of nitrogens with two attached hydrogens (primary N) is 1. The van der Waals surface area contributed by atoms with Crippen LogP contribution in [-0.4, -0.2) is 22.4 Å². The van der Waals surface area contributed by atoms with Crippen molar-refractivity contribution in [3.8, 4) is 0 Å². The van der Waals surface area contributed by atoms with E-state index in [1.54, 1.807) is 0 Å². The van der Waals surface area contributed by atoms with Gasteiger partial charge in [0.15, 0.2) is 0 Å². The molecule has 0 bridgehead atoms. The number of rotatable bonds is 6. The van der Waals surface area contributed by atoms with Crippen LogP contribution >= 0.6 is 0 Å². The number of carbonyl (C=O) groups excluding carboxylic acids is 1. The molecule has 1 atom stereocenters. The summed E-state index contributed by atoms with van der Waals surface area (Å²) in [4.78, 5) is 13.8. The lowest BCUT2D eigenvalue weighted by molar-refractivity contribution is -0.118. The number of nitrogens with zero attached hydrogens (tertiary/aromatic N) is 2. The van der Waals surface area contributed by atoms with Gasteiger partial charge in [0.05, 0.1) is 0 Å². The molecule has 1 aromatic heterocycles. The molecule has 0 radical (unpaired) electrons. The summed E-state index contributed by atoms with van der Waals surface area (Å²) in [5.41, 5.74) is 9.00. The molecule has 4 rings (SSSR count). The highest BCUT2D eigenvalue weighted by molar-refractivity contribution is 5.87. The molecular weight excluding hydrogens is 346 g/mol. The molecule has 0 aliphatic heterocycles. The lowest BCUT2D eigenvalue weighted by Gasteiger charge is -2.26. The van der Waals surface area contributed by atoms with Gasteiger partial charge in [0.1, 0.15) is 6.54 Å². The van der Waals surface area contributed by atoms with Gasteiger partial charge in [0.25, 0.3) is 0 Å². The number of hydrogen-bond acceptors (Lipinski definition) is 2. The van der Waals surface area contributed by atoms with Crippen molar-refractivity contribution in [2.45, 2.75) is 26.1 Å². The number of aromatic nitrogens is 1. The summed E-state index contributed by atoms with van der Waals surface area (Å²) in [5, 5.41) is 3.72. The smallest absolute Gasteiger partial charge is 0.237 e. The summed E-state index contributed by atoms with van der Waals surface area (Å²) < 4.78 is 1.95. The Balaban J connectivity index is 1.66. The molecule has 1 heterocycles. The molecule has 0 aliphatic carbocycles. The van der Waals surface area contributed by atoms with E-state index in [1.165, 1.54) is 27.3 Å². The van der Waals surface area contributed by atoms with Crippen molar-refractivity contribution >= 4 is 27.6 Å². The van der Waals surface area contributed by atoms with E-state index in [2.05, 4.69) is 73.6 Å². The minimum atomic E-state index is -0.329. The van der Waals surface area contributed by atoms with Crippen molar-refractivity contribution in [3.63, 3.8) is 0 Å². The van der Waals surface area contributed by atoms with E-state index in [4.69, 9.17) is 5.73 Å². The number of para-hydroxylation sites is 1. The van der Waals surface area contributed by atoms with Crippen molar-refractivity contribution < 1.29 is 4.79 Å². The fourth-order valence-electron chi connectivity index (χ4n) is 4.01. The number of benzene rings is 3. The van der Waals surface area contributed by atoms with Crippen LogP contribution < -0.4 is 5.73 Å². The second-order valence-electron chi connectivity index (χ2n) is 7.43. The third-order valence-corrected chi connectivity index (χ3v) is 5.55. The van der Waals surface area contributed by atoms with Crippen LogP contribution in [0, 0.1) is 0 Å². The number of amides is 1. The Hall–Kier alpha value is -3.11. The van der Waals surface area contributed by atoms with Gasteiger partial charge in [-0.1, -0.05) is 60.7 Å². The Bertz CT molecular complexity index is 1140. The van der Waals surface area contributed by atoms with Crippen LogP contribution in [0.3, 0.4) is 0 Å². The van der Waals surface area contributed by atoms with Crippen LogP contribution in [-0.2, 0) is 17.9 Å². The number of fused-ring (bicyclic) bond motifs is 2. The summed E-state index contributed by atoms with van der Waals surface area (Å²) in [6, 6.07) is 23.4. The lowest BCUT2D eigenvalue weighted by atomic mass is 9.98. The van der Waals surface area contributed by atoms with Gasteiger partial charge in [0, 0.05) is 29.7 Å². The Morgan fingerprint density at radius 1 is 1.00 bits per heavy atom. The van der Waals surface area contributed by atoms with Crippen LogP contribution in [0.15, 0.2) is 72.9 Å². The van der Waals surface area contributed by atoms with E-state index in [9.17, 15) is 4.79 Å². The van der Waals surface area contributed by atoms with Gasteiger partial charge in [0.2, 0.25) is 5.91 Å². The van der Waals surface area contributed by atoms with Crippen molar-refractivity contribution in [2.24, 2.45) is 5.73 Å². The average Bonchev–Trinajstić information content (AvgIpc) is 3.03. The number of carbonyl (C=O) groups is 1.